The zero-order valence-corrected chi connectivity index (χ0v) is 13.4. The van der Waals surface area contributed by atoms with Crippen LogP contribution in [-0.2, 0) is 12.8 Å². The molecule has 1 unspecified atom stereocenters. The quantitative estimate of drug-likeness (QED) is 0.776. The fraction of sp³-hybridized carbons (Fsp3) is 0.647. The lowest BCUT2D eigenvalue weighted by Gasteiger charge is -2.15. The van der Waals surface area contributed by atoms with E-state index in [1.165, 1.54) is 23.1 Å². The predicted molar refractivity (Wildman–Crippen MR) is 85.7 cm³/mol. The summed E-state index contributed by atoms with van der Waals surface area (Å²) in [5.41, 5.74) is 9.17. The van der Waals surface area contributed by atoms with Crippen molar-refractivity contribution in [3.63, 3.8) is 0 Å². The van der Waals surface area contributed by atoms with Crippen LogP contribution in [-0.4, -0.2) is 35.6 Å². The van der Waals surface area contributed by atoms with Crippen LogP contribution in [0.4, 0.5) is 0 Å². The highest BCUT2D eigenvalue weighted by Gasteiger charge is 2.18. The van der Waals surface area contributed by atoms with Crippen molar-refractivity contribution in [3.8, 4) is 5.75 Å². The second kappa shape index (κ2) is 9.03. The van der Waals surface area contributed by atoms with Crippen LogP contribution in [0.15, 0.2) is 12.1 Å². The van der Waals surface area contributed by atoms with Gasteiger partial charge in [-0.25, -0.2) is 0 Å². The van der Waals surface area contributed by atoms with Crippen molar-refractivity contribution in [1.82, 2.24) is 0 Å². The topological polar surface area (TPSA) is 75.7 Å². The first-order valence-electron chi connectivity index (χ1n) is 7.74. The van der Waals surface area contributed by atoms with Gasteiger partial charge < -0.3 is 20.7 Å². The molecule has 0 amide bonds. The van der Waals surface area contributed by atoms with Gasteiger partial charge in [0.2, 0.25) is 0 Å². The molecule has 4 nitrogen and oxygen atoms in total. The second-order valence-electron chi connectivity index (χ2n) is 5.91. The van der Waals surface area contributed by atoms with Crippen LogP contribution in [0.5, 0.6) is 5.75 Å². The fourth-order valence-corrected chi connectivity index (χ4v) is 2.41. The van der Waals surface area contributed by atoms with Gasteiger partial charge in [0.1, 0.15) is 12.4 Å². The summed E-state index contributed by atoms with van der Waals surface area (Å²) in [4.78, 5) is 0. The van der Waals surface area contributed by atoms with E-state index in [1.807, 2.05) is 19.9 Å². The van der Waals surface area contributed by atoms with Gasteiger partial charge in [0.25, 0.3) is 0 Å². The van der Waals surface area contributed by atoms with Crippen LogP contribution in [0.2, 0.25) is 0 Å². The average molecular weight is 295 g/mol. The van der Waals surface area contributed by atoms with Crippen LogP contribution < -0.4 is 10.5 Å². The number of benzene rings is 1. The van der Waals surface area contributed by atoms with Crippen molar-refractivity contribution in [3.05, 3.63) is 28.8 Å². The van der Waals surface area contributed by atoms with Crippen molar-refractivity contribution in [1.29, 1.82) is 0 Å². The Kier molecular flexibility index (Phi) is 7.72. The molecule has 0 aliphatic heterocycles. The summed E-state index contributed by atoms with van der Waals surface area (Å²) >= 11 is 0. The van der Waals surface area contributed by atoms with Crippen LogP contribution in [0.25, 0.3) is 0 Å². The smallest absolute Gasteiger partial charge is 0.122 e. The number of hydrogen-bond acceptors (Lipinski definition) is 4. The largest absolute Gasteiger partial charge is 0.491 e. The summed E-state index contributed by atoms with van der Waals surface area (Å²) < 4.78 is 5.66. The number of hydrogen-bond donors (Lipinski definition) is 3. The second-order valence-corrected chi connectivity index (χ2v) is 5.91. The molecule has 1 aromatic rings. The summed E-state index contributed by atoms with van der Waals surface area (Å²) in [6, 6.07) is 4.41. The van der Waals surface area contributed by atoms with Crippen LogP contribution in [0, 0.1) is 6.92 Å². The molecule has 0 bridgehead atoms. The maximum Gasteiger partial charge on any atom is 0.122 e. The molecule has 120 valence electrons. The SMILES string of the molecule is CC(C)N.Cc1ccc(OCC(O)CCO)c2c1CCC2. The molecule has 0 radical (unpaired) electrons. The van der Waals surface area contributed by atoms with E-state index in [1.54, 1.807) is 0 Å². The number of rotatable bonds is 5. The first-order chi connectivity index (χ1) is 9.95. The van der Waals surface area contributed by atoms with E-state index in [0.717, 1.165) is 18.6 Å². The molecule has 0 saturated carbocycles. The number of fused-ring (bicyclic) bond motifs is 1. The highest BCUT2D eigenvalue weighted by atomic mass is 16.5. The normalized spacial score (nSPS) is 14.4. The third-order valence-corrected chi connectivity index (χ3v) is 3.37. The summed E-state index contributed by atoms with van der Waals surface area (Å²) in [7, 11) is 0. The maximum atomic E-state index is 9.53. The lowest BCUT2D eigenvalue weighted by molar-refractivity contribution is 0.0818. The molecule has 1 aromatic carbocycles. The Balaban J connectivity index is 0.000000491. The summed E-state index contributed by atoms with van der Waals surface area (Å²) in [5.74, 6) is 0.903. The van der Waals surface area contributed by atoms with Gasteiger partial charge in [-0.05, 0) is 61.4 Å². The summed E-state index contributed by atoms with van der Waals surface area (Å²) in [6.45, 7) is 6.28. The highest BCUT2D eigenvalue weighted by Crippen LogP contribution is 2.33. The molecule has 4 N–H and O–H groups in total. The van der Waals surface area contributed by atoms with Crippen molar-refractivity contribution in [2.45, 2.75) is 58.6 Å². The molecule has 1 aliphatic carbocycles. The minimum absolute atomic E-state index is 0.00344. The molecule has 4 heteroatoms. The minimum atomic E-state index is -0.585. The van der Waals surface area contributed by atoms with Gasteiger partial charge >= 0.3 is 0 Å². The molecule has 0 fully saturated rings. The van der Waals surface area contributed by atoms with Crippen LogP contribution in [0.1, 0.15) is 43.4 Å². The van der Waals surface area contributed by atoms with Crippen molar-refractivity contribution >= 4 is 0 Å². The number of aryl methyl sites for hydroxylation is 1. The highest BCUT2D eigenvalue weighted by molar-refractivity contribution is 5.47. The monoisotopic (exact) mass is 295 g/mol. The first kappa shape index (κ1) is 18.0. The van der Waals surface area contributed by atoms with E-state index in [-0.39, 0.29) is 13.2 Å². The van der Waals surface area contributed by atoms with E-state index in [4.69, 9.17) is 15.6 Å². The molecule has 1 aliphatic rings. The maximum absolute atomic E-state index is 9.53. The Labute approximate surface area is 127 Å². The van der Waals surface area contributed by atoms with Gasteiger partial charge in [0.15, 0.2) is 0 Å². The number of nitrogens with two attached hydrogens (primary N) is 1. The molecule has 0 spiro atoms. The summed E-state index contributed by atoms with van der Waals surface area (Å²) in [6.07, 6.45) is 3.18. The molecular formula is C17H29NO3. The molecule has 0 saturated heterocycles. The predicted octanol–water partition coefficient (Wildman–Crippen LogP) is 1.96. The zero-order valence-electron chi connectivity index (χ0n) is 13.4. The van der Waals surface area contributed by atoms with Gasteiger partial charge in [0, 0.05) is 6.61 Å². The van der Waals surface area contributed by atoms with Gasteiger partial charge in [-0.1, -0.05) is 19.9 Å². The van der Waals surface area contributed by atoms with Crippen molar-refractivity contribution < 1.29 is 14.9 Å². The standard InChI is InChI=1S/C14H20O3.C3H9N/c1-10-5-6-14(13-4-2-3-12(10)13)17-9-11(16)7-8-15;1-3(2)4/h5-6,11,15-16H,2-4,7-9H2,1H3;3H,4H2,1-2H3. The zero-order chi connectivity index (χ0) is 15.8. The Morgan fingerprint density at radius 2 is 1.86 bits per heavy atom. The number of ether oxygens (including phenoxy) is 1. The van der Waals surface area contributed by atoms with Gasteiger partial charge in [-0.15, -0.1) is 0 Å². The third kappa shape index (κ3) is 6.04. The number of aliphatic hydroxyl groups excluding tert-OH is 2. The third-order valence-electron chi connectivity index (χ3n) is 3.37. The average Bonchev–Trinajstić information content (AvgIpc) is 2.88. The molecule has 2 rings (SSSR count). The lowest BCUT2D eigenvalue weighted by Crippen LogP contribution is -2.19. The molecule has 1 atom stereocenters. The minimum Gasteiger partial charge on any atom is -0.491 e. The Bertz CT molecular complexity index is 430. The van der Waals surface area contributed by atoms with Crippen LogP contribution in [0.3, 0.4) is 0 Å². The van der Waals surface area contributed by atoms with E-state index in [2.05, 4.69) is 13.0 Å². The molecule has 0 aromatic heterocycles. The summed E-state index contributed by atoms with van der Waals surface area (Å²) in [5, 5.41) is 18.2. The van der Waals surface area contributed by atoms with Crippen LogP contribution >= 0.6 is 0 Å². The molecule has 21 heavy (non-hydrogen) atoms. The van der Waals surface area contributed by atoms with E-state index < -0.39 is 6.10 Å². The molecular weight excluding hydrogens is 266 g/mol. The van der Waals surface area contributed by atoms with E-state index in [9.17, 15) is 5.11 Å². The van der Waals surface area contributed by atoms with Crippen molar-refractivity contribution in [2.24, 2.45) is 5.73 Å². The van der Waals surface area contributed by atoms with E-state index >= 15 is 0 Å². The Morgan fingerprint density at radius 1 is 1.24 bits per heavy atom. The fourth-order valence-electron chi connectivity index (χ4n) is 2.41. The molecule has 0 heterocycles. The number of aliphatic hydroxyl groups is 2. The van der Waals surface area contributed by atoms with Gasteiger partial charge in [-0.3, -0.25) is 0 Å². The van der Waals surface area contributed by atoms with Gasteiger partial charge in [0.05, 0.1) is 6.10 Å². The Hall–Kier alpha value is -1.10. The lowest BCUT2D eigenvalue weighted by atomic mass is 10.0. The van der Waals surface area contributed by atoms with Crippen molar-refractivity contribution in [2.75, 3.05) is 13.2 Å². The first-order valence-corrected chi connectivity index (χ1v) is 7.74. The Morgan fingerprint density at radius 3 is 2.48 bits per heavy atom. The van der Waals surface area contributed by atoms with Gasteiger partial charge in [-0.2, -0.15) is 0 Å². The van der Waals surface area contributed by atoms with E-state index in [0.29, 0.717) is 12.5 Å².